The Kier molecular flexibility index (Phi) is 4.89. The van der Waals surface area contributed by atoms with Crippen LogP contribution in [0, 0.1) is 14.8 Å². The second-order valence-electron chi connectivity index (χ2n) is 4.67. The minimum atomic E-state index is 0.832. The zero-order chi connectivity index (χ0) is 15.7. The first-order chi connectivity index (χ1) is 10.5. The molecule has 0 atom stereocenters. The van der Waals surface area contributed by atoms with E-state index >= 15 is 0 Å². The maximum atomic E-state index is 5.02. The molecular formula is C15H11BrN2S4. The molecule has 2 heterocycles. The fourth-order valence-electron chi connectivity index (χ4n) is 1.98. The summed E-state index contributed by atoms with van der Waals surface area (Å²) in [5, 5.41) is 0. The molecule has 0 saturated heterocycles. The Bertz CT molecular complexity index is 968. The van der Waals surface area contributed by atoms with Crippen LogP contribution in [0.25, 0.3) is 20.4 Å². The third-order valence-electron chi connectivity index (χ3n) is 2.96. The standard InChI is InChI=1S/C8H7NS2.C7H4BrNS2/c1-5-2-3-6-7(4-5)11-8(10)9-6;8-4-1-2-6-5(3-4)9-7(10)11-6/h2-4H,1H3,(H,9,10);1-3H,(H,9,10). The highest BCUT2D eigenvalue weighted by molar-refractivity contribution is 9.10. The molecule has 112 valence electrons. The van der Waals surface area contributed by atoms with Gasteiger partial charge in [-0.3, -0.25) is 0 Å². The van der Waals surface area contributed by atoms with Crippen molar-refractivity contribution in [1.29, 1.82) is 0 Å². The van der Waals surface area contributed by atoms with E-state index in [-0.39, 0.29) is 0 Å². The molecule has 4 rings (SSSR count). The van der Waals surface area contributed by atoms with E-state index in [1.54, 1.807) is 22.7 Å². The number of aromatic nitrogens is 2. The van der Waals surface area contributed by atoms with Crippen LogP contribution in [0.1, 0.15) is 5.56 Å². The Morgan fingerprint density at radius 1 is 0.864 bits per heavy atom. The number of halogens is 1. The molecule has 0 aliphatic rings. The number of rotatable bonds is 0. The third-order valence-corrected chi connectivity index (χ3v) is 5.86. The number of benzene rings is 2. The van der Waals surface area contributed by atoms with Gasteiger partial charge >= 0.3 is 0 Å². The van der Waals surface area contributed by atoms with Crippen molar-refractivity contribution >= 4 is 83.5 Å². The third kappa shape index (κ3) is 3.72. The van der Waals surface area contributed by atoms with E-state index < -0.39 is 0 Å². The molecule has 22 heavy (non-hydrogen) atoms. The molecule has 0 unspecified atom stereocenters. The molecule has 7 heteroatoms. The lowest BCUT2D eigenvalue weighted by atomic mass is 10.2. The summed E-state index contributed by atoms with van der Waals surface area (Å²) in [6.07, 6.45) is 0. The van der Waals surface area contributed by atoms with Crippen LogP contribution >= 0.6 is 63.0 Å². The lowest BCUT2D eigenvalue weighted by Crippen LogP contribution is -1.69. The smallest absolute Gasteiger partial charge is 0.159 e. The maximum Gasteiger partial charge on any atom is 0.159 e. The highest BCUT2D eigenvalue weighted by atomic mass is 79.9. The molecular weight excluding hydrogens is 416 g/mol. The largest absolute Gasteiger partial charge is 0.337 e. The Balaban J connectivity index is 0.000000131. The summed E-state index contributed by atoms with van der Waals surface area (Å²) in [6.45, 7) is 2.09. The van der Waals surface area contributed by atoms with Crippen molar-refractivity contribution in [1.82, 2.24) is 9.97 Å². The molecule has 2 aromatic heterocycles. The summed E-state index contributed by atoms with van der Waals surface area (Å²) in [7, 11) is 0. The van der Waals surface area contributed by atoms with Crippen LogP contribution in [0.4, 0.5) is 0 Å². The van der Waals surface area contributed by atoms with E-state index in [4.69, 9.17) is 24.4 Å². The molecule has 0 fully saturated rings. The fourth-order valence-corrected chi connectivity index (χ4v) is 4.65. The summed E-state index contributed by atoms with van der Waals surface area (Å²) in [6, 6.07) is 12.4. The van der Waals surface area contributed by atoms with Crippen LogP contribution < -0.4 is 0 Å². The minimum Gasteiger partial charge on any atom is -0.337 e. The van der Waals surface area contributed by atoms with Crippen molar-refractivity contribution in [3.63, 3.8) is 0 Å². The molecule has 0 spiro atoms. The Labute approximate surface area is 154 Å². The molecule has 0 aliphatic heterocycles. The minimum absolute atomic E-state index is 0.832. The van der Waals surface area contributed by atoms with E-state index in [2.05, 4.69) is 57.1 Å². The number of H-pyrrole nitrogens is 2. The Hall–Kier alpha value is -0.860. The summed E-state index contributed by atoms with van der Waals surface area (Å²) >= 11 is 16.6. The Morgan fingerprint density at radius 2 is 1.55 bits per heavy atom. The number of hydrogen-bond donors (Lipinski definition) is 2. The summed E-state index contributed by atoms with van der Waals surface area (Å²) in [4.78, 5) is 6.22. The van der Waals surface area contributed by atoms with E-state index in [0.29, 0.717) is 0 Å². The lowest BCUT2D eigenvalue weighted by molar-refractivity contribution is 1.45. The van der Waals surface area contributed by atoms with Crippen LogP contribution in [0.2, 0.25) is 0 Å². The van der Waals surface area contributed by atoms with Gasteiger partial charge in [-0.05, 0) is 67.3 Å². The molecule has 0 bridgehead atoms. The molecule has 0 radical (unpaired) electrons. The lowest BCUT2D eigenvalue weighted by Gasteiger charge is -1.89. The molecule has 2 N–H and O–H groups in total. The first-order valence-electron chi connectivity index (χ1n) is 6.39. The van der Waals surface area contributed by atoms with Gasteiger partial charge in [0.1, 0.15) is 0 Å². The quantitative estimate of drug-likeness (QED) is 0.297. The van der Waals surface area contributed by atoms with Crippen molar-refractivity contribution in [3.05, 3.63) is 54.3 Å². The molecule has 2 aromatic carbocycles. The van der Waals surface area contributed by atoms with E-state index in [9.17, 15) is 0 Å². The Morgan fingerprint density at radius 3 is 2.32 bits per heavy atom. The summed E-state index contributed by atoms with van der Waals surface area (Å²) in [5.41, 5.74) is 3.53. The SMILES string of the molecule is Cc1ccc2[nH]c(=S)sc2c1.S=c1[nH]c2cc(Br)ccc2s1. The normalized spacial score (nSPS) is 10.6. The topological polar surface area (TPSA) is 31.6 Å². The van der Waals surface area contributed by atoms with Crippen molar-refractivity contribution in [2.75, 3.05) is 0 Å². The molecule has 2 nitrogen and oxygen atoms in total. The molecule has 0 saturated carbocycles. The highest BCUT2D eigenvalue weighted by Crippen LogP contribution is 2.22. The van der Waals surface area contributed by atoms with Gasteiger partial charge in [-0.2, -0.15) is 0 Å². The van der Waals surface area contributed by atoms with Crippen molar-refractivity contribution < 1.29 is 0 Å². The van der Waals surface area contributed by atoms with Gasteiger partial charge in [0.2, 0.25) is 0 Å². The highest BCUT2D eigenvalue weighted by Gasteiger charge is 1.96. The average molecular weight is 427 g/mol. The van der Waals surface area contributed by atoms with Gasteiger partial charge in [0.25, 0.3) is 0 Å². The van der Waals surface area contributed by atoms with Gasteiger partial charge in [-0.1, -0.05) is 22.0 Å². The molecule has 0 amide bonds. The number of hydrogen-bond acceptors (Lipinski definition) is 4. The van der Waals surface area contributed by atoms with Crippen molar-refractivity contribution in [2.24, 2.45) is 0 Å². The number of aryl methyl sites for hydroxylation is 1. The fraction of sp³-hybridized carbons (Fsp3) is 0.0667. The van der Waals surface area contributed by atoms with Crippen LogP contribution in [-0.4, -0.2) is 9.97 Å². The number of aromatic amines is 2. The zero-order valence-electron chi connectivity index (χ0n) is 11.5. The monoisotopic (exact) mass is 426 g/mol. The number of thiazole rings is 2. The number of nitrogens with one attached hydrogen (secondary N) is 2. The van der Waals surface area contributed by atoms with Gasteiger partial charge in [-0.25, -0.2) is 0 Å². The predicted octanol–water partition coefficient (Wildman–Crippen LogP) is 6.99. The predicted molar refractivity (Wildman–Crippen MR) is 106 cm³/mol. The van der Waals surface area contributed by atoms with Crippen molar-refractivity contribution in [3.8, 4) is 0 Å². The van der Waals surface area contributed by atoms with Gasteiger partial charge in [0, 0.05) is 4.47 Å². The number of fused-ring (bicyclic) bond motifs is 2. The van der Waals surface area contributed by atoms with Gasteiger partial charge in [0.15, 0.2) is 7.91 Å². The van der Waals surface area contributed by atoms with E-state index in [1.807, 2.05) is 12.1 Å². The van der Waals surface area contributed by atoms with E-state index in [1.165, 1.54) is 15.0 Å². The zero-order valence-corrected chi connectivity index (χ0v) is 16.3. The van der Waals surface area contributed by atoms with Crippen molar-refractivity contribution in [2.45, 2.75) is 6.92 Å². The summed E-state index contributed by atoms with van der Waals surface area (Å²) < 4.78 is 5.21. The average Bonchev–Trinajstić information content (AvgIpc) is 2.99. The van der Waals surface area contributed by atoms with E-state index in [0.717, 1.165) is 23.4 Å². The second-order valence-corrected chi connectivity index (χ2v) is 9.02. The van der Waals surface area contributed by atoms with Gasteiger partial charge < -0.3 is 9.97 Å². The van der Waals surface area contributed by atoms with Gasteiger partial charge in [0.05, 0.1) is 20.4 Å². The van der Waals surface area contributed by atoms with Crippen LogP contribution in [0.3, 0.4) is 0 Å². The first-order valence-corrected chi connectivity index (χ1v) is 9.63. The van der Waals surface area contributed by atoms with Gasteiger partial charge in [-0.15, -0.1) is 22.7 Å². The maximum absolute atomic E-state index is 5.02. The first kappa shape index (κ1) is 16.0. The van der Waals surface area contributed by atoms with Crippen LogP contribution in [0.15, 0.2) is 40.9 Å². The van der Waals surface area contributed by atoms with Crippen LogP contribution in [-0.2, 0) is 0 Å². The van der Waals surface area contributed by atoms with Crippen LogP contribution in [0.5, 0.6) is 0 Å². The second kappa shape index (κ2) is 6.72. The summed E-state index contributed by atoms with van der Waals surface area (Å²) in [5.74, 6) is 0. The molecule has 4 aromatic rings. The molecule has 0 aliphatic carbocycles.